The maximum Gasteiger partial charge on any atom is 0.332 e. The van der Waals surface area contributed by atoms with Crippen molar-refractivity contribution in [1.29, 1.82) is 0 Å². The van der Waals surface area contributed by atoms with E-state index in [1.54, 1.807) is 4.57 Å². The minimum atomic E-state index is -0.271. The first kappa shape index (κ1) is 18.2. The highest BCUT2D eigenvalue weighted by Gasteiger charge is 2.43. The van der Waals surface area contributed by atoms with Crippen LogP contribution in [0.4, 0.5) is 0 Å². The van der Waals surface area contributed by atoms with E-state index in [2.05, 4.69) is 4.98 Å². The monoisotopic (exact) mass is 372 g/mol. The van der Waals surface area contributed by atoms with Crippen molar-refractivity contribution < 1.29 is 4.79 Å². The van der Waals surface area contributed by atoms with Crippen molar-refractivity contribution in [2.45, 2.75) is 71.4 Å². The van der Waals surface area contributed by atoms with E-state index in [9.17, 15) is 14.4 Å². The lowest BCUT2D eigenvalue weighted by molar-refractivity contribution is -0.114. The third kappa shape index (κ3) is 2.87. The van der Waals surface area contributed by atoms with E-state index in [1.165, 1.54) is 4.57 Å². The number of H-pyrrole nitrogens is 1. The van der Waals surface area contributed by atoms with Gasteiger partial charge in [0.2, 0.25) is 0 Å². The van der Waals surface area contributed by atoms with E-state index in [4.69, 9.17) is 4.98 Å². The van der Waals surface area contributed by atoms with Crippen LogP contribution >= 0.6 is 0 Å². The van der Waals surface area contributed by atoms with E-state index in [1.807, 2.05) is 13.8 Å². The minimum absolute atomic E-state index is 0.186. The van der Waals surface area contributed by atoms with E-state index in [-0.39, 0.29) is 23.1 Å². The molecule has 2 aliphatic carbocycles. The van der Waals surface area contributed by atoms with Gasteiger partial charge in [-0.1, -0.05) is 13.8 Å². The molecule has 0 radical (unpaired) electrons. The topological polar surface area (TPSA) is 89.8 Å². The summed E-state index contributed by atoms with van der Waals surface area (Å²) in [5, 5.41) is 0. The van der Waals surface area contributed by atoms with Crippen LogP contribution in [0.25, 0.3) is 11.2 Å². The van der Waals surface area contributed by atoms with E-state index >= 15 is 0 Å². The van der Waals surface area contributed by atoms with Gasteiger partial charge in [-0.3, -0.25) is 13.9 Å². The molecule has 2 aromatic rings. The van der Waals surface area contributed by atoms with Crippen LogP contribution in [-0.2, 0) is 17.9 Å². The Morgan fingerprint density at radius 1 is 1.07 bits per heavy atom. The number of nitrogens with zero attached hydrogens (tertiary/aromatic N) is 3. The maximum atomic E-state index is 12.9. The van der Waals surface area contributed by atoms with Crippen molar-refractivity contribution in [3.05, 3.63) is 26.7 Å². The zero-order valence-electron chi connectivity index (χ0n) is 16.1. The van der Waals surface area contributed by atoms with Crippen molar-refractivity contribution in [2.75, 3.05) is 0 Å². The zero-order valence-corrected chi connectivity index (χ0v) is 16.1. The van der Waals surface area contributed by atoms with Gasteiger partial charge in [-0.25, -0.2) is 9.78 Å². The summed E-state index contributed by atoms with van der Waals surface area (Å²) in [5.74, 6) is 2.07. The lowest BCUT2D eigenvalue weighted by Crippen LogP contribution is -2.40. The molecule has 0 amide bonds. The highest BCUT2D eigenvalue weighted by atomic mass is 16.2. The summed E-state index contributed by atoms with van der Waals surface area (Å²) < 4.78 is 2.96. The van der Waals surface area contributed by atoms with Crippen LogP contribution in [-0.4, -0.2) is 25.4 Å². The number of nitrogens with one attached hydrogen (secondary N) is 1. The van der Waals surface area contributed by atoms with Crippen LogP contribution in [0, 0.1) is 17.8 Å². The van der Waals surface area contributed by atoms with Crippen LogP contribution in [0.15, 0.2) is 9.59 Å². The van der Waals surface area contributed by atoms with Crippen LogP contribution in [0.2, 0.25) is 0 Å². The Labute approximate surface area is 157 Å². The van der Waals surface area contributed by atoms with Crippen LogP contribution in [0.1, 0.15) is 64.1 Å². The molecule has 2 bridgehead atoms. The Hall–Kier alpha value is -2.18. The first-order valence-electron chi connectivity index (χ1n) is 10.3. The number of aromatic nitrogens is 4. The average Bonchev–Trinajstić information content (AvgIpc) is 3.21. The number of hydrogen-bond acceptors (Lipinski definition) is 4. The number of aldehydes is 1. The van der Waals surface area contributed by atoms with Crippen molar-refractivity contribution >= 4 is 17.5 Å². The Morgan fingerprint density at radius 3 is 2.30 bits per heavy atom. The summed E-state index contributed by atoms with van der Waals surface area (Å²) in [6.07, 6.45) is 6.74. The van der Waals surface area contributed by atoms with E-state index < -0.39 is 0 Å². The predicted octanol–water partition coefficient (Wildman–Crippen LogP) is 2.43. The molecule has 2 fully saturated rings. The summed E-state index contributed by atoms with van der Waals surface area (Å²) in [5.41, 5.74) is 0.391. The Bertz CT molecular complexity index is 956. The molecule has 2 heterocycles. The number of rotatable bonds is 6. The molecular formula is C20H28N4O3. The van der Waals surface area contributed by atoms with Gasteiger partial charge >= 0.3 is 5.69 Å². The maximum absolute atomic E-state index is 12.9. The second-order valence-corrected chi connectivity index (χ2v) is 8.19. The summed E-state index contributed by atoms with van der Waals surface area (Å²) >= 11 is 0. The number of aromatic amines is 1. The summed E-state index contributed by atoms with van der Waals surface area (Å²) in [7, 11) is 0. The van der Waals surface area contributed by atoms with Gasteiger partial charge in [0.25, 0.3) is 5.56 Å². The van der Waals surface area contributed by atoms with E-state index in [0.717, 1.165) is 50.6 Å². The van der Waals surface area contributed by atoms with Gasteiger partial charge in [0.05, 0.1) is 0 Å². The number of carbonyl (C=O) groups excluding carboxylic acids is 1. The number of carbonyl (C=O) groups is 1. The highest BCUT2D eigenvalue weighted by Crippen LogP contribution is 2.50. The van der Waals surface area contributed by atoms with Crippen LogP contribution in [0.5, 0.6) is 0 Å². The molecule has 7 nitrogen and oxygen atoms in total. The SMILES string of the molecule is CCCn1c(=O)c2[nH]c(C3CC4CCC(C3)C4C=O)nc2n(CCC)c1=O. The number of aryl methyl sites for hydroxylation is 1. The van der Waals surface area contributed by atoms with Gasteiger partial charge in [-0.2, -0.15) is 0 Å². The smallest absolute Gasteiger partial charge is 0.332 e. The fourth-order valence-corrected chi connectivity index (χ4v) is 5.24. The first-order chi connectivity index (χ1) is 13.1. The second-order valence-electron chi connectivity index (χ2n) is 8.19. The molecule has 1 N–H and O–H groups in total. The van der Waals surface area contributed by atoms with Crippen molar-refractivity contribution in [1.82, 2.24) is 19.1 Å². The molecule has 2 atom stereocenters. The van der Waals surface area contributed by atoms with Crippen LogP contribution < -0.4 is 11.2 Å². The minimum Gasteiger partial charge on any atom is -0.336 e. The normalized spacial score (nSPS) is 27.3. The van der Waals surface area contributed by atoms with Gasteiger partial charge in [0, 0.05) is 24.9 Å². The summed E-state index contributed by atoms with van der Waals surface area (Å²) in [6.45, 7) is 4.94. The Balaban J connectivity index is 1.79. The molecule has 146 valence electrons. The van der Waals surface area contributed by atoms with Gasteiger partial charge in [0.1, 0.15) is 17.6 Å². The Kier molecular flexibility index (Phi) is 4.78. The molecule has 0 saturated heterocycles. The zero-order chi connectivity index (χ0) is 19.1. The van der Waals surface area contributed by atoms with Gasteiger partial charge in [-0.05, 0) is 50.4 Å². The lowest BCUT2D eigenvalue weighted by atomic mass is 9.74. The molecule has 0 spiro atoms. The molecule has 2 saturated carbocycles. The largest absolute Gasteiger partial charge is 0.336 e. The standard InChI is InChI=1S/C20H28N4O3/c1-3-7-23-18-16(19(26)24(8-4-2)20(23)27)21-17(22-18)14-9-12-5-6-13(10-14)15(12)11-25/h11-15H,3-10H2,1-2H3,(H,21,22). The first-order valence-corrected chi connectivity index (χ1v) is 10.3. The van der Waals surface area contributed by atoms with Crippen molar-refractivity contribution in [2.24, 2.45) is 17.8 Å². The highest BCUT2D eigenvalue weighted by molar-refractivity contribution is 5.70. The fraction of sp³-hybridized carbons (Fsp3) is 0.700. The summed E-state index contributed by atoms with van der Waals surface area (Å²) in [6, 6.07) is 0. The molecule has 2 aromatic heterocycles. The third-order valence-electron chi connectivity index (χ3n) is 6.49. The fourth-order valence-electron chi connectivity index (χ4n) is 5.24. The van der Waals surface area contributed by atoms with E-state index in [0.29, 0.717) is 36.1 Å². The lowest BCUT2D eigenvalue weighted by Gasteiger charge is -2.31. The van der Waals surface area contributed by atoms with Gasteiger partial charge in [-0.15, -0.1) is 0 Å². The van der Waals surface area contributed by atoms with Crippen LogP contribution in [0.3, 0.4) is 0 Å². The predicted molar refractivity (Wildman–Crippen MR) is 103 cm³/mol. The number of fused-ring (bicyclic) bond motifs is 3. The average molecular weight is 372 g/mol. The molecule has 0 aliphatic heterocycles. The summed E-state index contributed by atoms with van der Waals surface area (Å²) in [4.78, 5) is 45.1. The van der Waals surface area contributed by atoms with Gasteiger partial charge < -0.3 is 9.78 Å². The molecular weight excluding hydrogens is 344 g/mol. The quantitative estimate of drug-likeness (QED) is 0.789. The molecule has 2 aliphatic rings. The number of imidazole rings is 1. The molecule has 7 heteroatoms. The molecule has 2 unspecified atom stereocenters. The van der Waals surface area contributed by atoms with Gasteiger partial charge in [0.15, 0.2) is 5.65 Å². The number of hydrogen-bond donors (Lipinski definition) is 1. The van der Waals surface area contributed by atoms with Crippen molar-refractivity contribution in [3.63, 3.8) is 0 Å². The second kappa shape index (κ2) is 7.09. The molecule has 27 heavy (non-hydrogen) atoms. The Morgan fingerprint density at radius 2 is 1.70 bits per heavy atom. The molecule has 0 aromatic carbocycles. The third-order valence-corrected chi connectivity index (χ3v) is 6.49. The molecule has 4 rings (SSSR count). The van der Waals surface area contributed by atoms with Crippen molar-refractivity contribution in [3.8, 4) is 0 Å².